The van der Waals surface area contributed by atoms with E-state index in [1.165, 1.54) is 19.3 Å². The van der Waals surface area contributed by atoms with Crippen molar-refractivity contribution < 1.29 is 9.68 Å². The summed E-state index contributed by atoms with van der Waals surface area (Å²) in [5, 5.41) is 1.61. The molecule has 80 valence electrons. The second-order valence-corrected chi connectivity index (χ2v) is 2.95. The molecular weight excluding hydrogens is 166 g/mol. The normalized spacial score (nSPS) is 11.1. The van der Waals surface area contributed by atoms with Gasteiger partial charge >= 0.3 is 0 Å². The van der Waals surface area contributed by atoms with E-state index < -0.39 is 0 Å². The highest BCUT2D eigenvalue weighted by molar-refractivity contribution is 4.41. The van der Waals surface area contributed by atoms with Crippen LogP contribution < -0.4 is 0 Å². The molecule has 3 nitrogen and oxygen atoms in total. The Hall–Kier alpha value is -0.120. The molecule has 0 heterocycles. The van der Waals surface area contributed by atoms with Crippen LogP contribution in [0.5, 0.6) is 0 Å². The van der Waals surface area contributed by atoms with Gasteiger partial charge in [-0.2, -0.15) is 0 Å². The molecular formula is C10H23NO2. The molecule has 0 aromatic carbocycles. The van der Waals surface area contributed by atoms with Gasteiger partial charge in [-0.15, -0.1) is 0 Å². The zero-order valence-corrected chi connectivity index (χ0v) is 9.21. The van der Waals surface area contributed by atoms with Gasteiger partial charge in [-0.05, 0) is 20.3 Å². The molecule has 0 saturated carbocycles. The predicted octanol–water partition coefficient (Wildman–Crippen LogP) is 2.77. The standard InChI is InChI=1S/C10H23NO2/c1-4-7-8-9-10-11(12-5-2)13-6-3/h4-10H2,1-3H3. The zero-order valence-electron chi connectivity index (χ0n) is 9.21. The van der Waals surface area contributed by atoms with Crippen LogP contribution in [0.15, 0.2) is 0 Å². The Balaban J connectivity index is 3.33. The summed E-state index contributed by atoms with van der Waals surface area (Å²) in [7, 11) is 0. The summed E-state index contributed by atoms with van der Waals surface area (Å²) in [6.07, 6.45) is 4.97. The quantitative estimate of drug-likeness (QED) is 0.411. The third-order valence-corrected chi connectivity index (χ3v) is 1.74. The van der Waals surface area contributed by atoms with E-state index in [2.05, 4.69) is 6.92 Å². The molecule has 0 aliphatic rings. The number of rotatable bonds is 9. The summed E-state index contributed by atoms with van der Waals surface area (Å²) in [5.74, 6) is 0. The maximum Gasteiger partial charge on any atom is 0.0683 e. The van der Waals surface area contributed by atoms with Crippen LogP contribution >= 0.6 is 0 Å². The van der Waals surface area contributed by atoms with Crippen LogP contribution in [-0.2, 0) is 9.68 Å². The molecule has 0 aromatic rings. The van der Waals surface area contributed by atoms with Crippen molar-refractivity contribution in [2.75, 3.05) is 19.8 Å². The van der Waals surface area contributed by atoms with Gasteiger partial charge in [0.25, 0.3) is 0 Å². The molecule has 0 aliphatic carbocycles. The predicted molar refractivity (Wildman–Crippen MR) is 54.1 cm³/mol. The number of unbranched alkanes of at least 4 members (excludes halogenated alkanes) is 3. The maximum absolute atomic E-state index is 5.27. The first kappa shape index (κ1) is 12.9. The average molecular weight is 189 g/mol. The van der Waals surface area contributed by atoms with Crippen LogP contribution in [0, 0.1) is 0 Å². The van der Waals surface area contributed by atoms with E-state index in [1.54, 1.807) is 5.23 Å². The fourth-order valence-corrected chi connectivity index (χ4v) is 1.12. The molecule has 13 heavy (non-hydrogen) atoms. The van der Waals surface area contributed by atoms with Crippen molar-refractivity contribution in [2.45, 2.75) is 46.5 Å². The molecule has 0 atom stereocenters. The third kappa shape index (κ3) is 8.22. The molecule has 0 fully saturated rings. The van der Waals surface area contributed by atoms with Gasteiger partial charge in [0.15, 0.2) is 0 Å². The average Bonchev–Trinajstić information content (AvgIpc) is 2.13. The highest BCUT2D eigenvalue weighted by Gasteiger charge is 2.02. The second-order valence-electron chi connectivity index (χ2n) is 2.95. The molecule has 0 bridgehead atoms. The molecule has 0 amide bonds. The molecule has 0 rings (SSSR count). The van der Waals surface area contributed by atoms with Crippen molar-refractivity contribution in [3.8, 4) is 0 Å². The lowest BCUT2D eigenvalue weighted by molar-refractivity contribution is -0.364. The summed E-state index contributed by atoms with van der Waals surface area (Å²) < 4.78 is 0. The SMILES string of the molecule is CCCCCCN(OCC)OCC. The van der Waals surface area contributed by atoms with Gasteiger partial charge < -0.3 is 0 Å². The molecule has 0 aromatic heterocycles. The van der Waals surface area contributed by atoms with E-state index in [9.17, 15) is 0 Å². The molecule has 0 radical (unpaired) electrons. The lowest BCUT2D eigenvalue weighted by Gasteiger charge is -2.19. The van der Waals surface area contributed by atoms with E-state index in [0.717, 1.165) is 13.0 Å². The summed E-state index contributed by atoms with van der Waals surface area (Å²) >= 11 is 0. The van der Waals surface area contributed by atoms with Gasteiger partial charge in [0.05, 0.1) is 19.8 Å². The van der Waals surface area contributed by atoms with Crippen molar-refractivity contribution in [1.82, 2.24) is 5.23 Å². The van der Waals surface area contributed by atoms with Gasteiger partial charge in [0, 0.05) is 0 Å². The van der Waals surface area contributed by atoms with Crippen LogP contribution in [0.2, 0.25) is 0 Å². The summed E-state index contributed by atoms with van der Waals surface area (Å²) in [6.45, 7) is 8.38. The Bertz CT molecular complexity index is 92.9. The van der Waals surface area contributed by atoms with Gasteiger partial charge in [0.1, 0.15) is 0 Å². The fraction of sp³-hybridized carbons (Fsp3) is 1.00. The molecule has 0 unspecified atom stereocenters. The van der Waals surface area contributed by atoms with E-state index in [-0.39, 0.29) is 0 Å². The summed E-state index contributed by atoms with van der Waals surface area (Å²) in [5.41, 5.74) is 0. The third-order valence-electron chi connectivity index (χ3n) is 1.74. The van der Waals surface area contributed by atoms with Crippen molar-refractivity contribution in [3.63, 3.8) is 0 Å². The Morgan fingerprint density at radius 3 is 1.92 bits per heavy atom. The minimum atomic E-state index is 0.674. The molecule has 0 aliphatic heterocycles. The van der Waals surface area contributed by atoms with E-state index in [4.69, 9.17) is 9.68 Å². The van der Waals surface area contributed by atoms with Crippen molar-refractivity contribution in [2.24, 2.45) is 0 Å². The first-order valence-corrected chi connectivity index (χ1v) is 5.38. The number of hydroxylamine groups is 2. The van der Waals surface area contributed by atoms with E-state index in [0.29, 0.717) is 13.2 Å². The Kier molecular flexibility index (Phi) is 9.87. The number of hydrogen-bond donors (Lipinski definition) is 0. The first-order valence-electron chi connectivity index (χ1n) is 5.38. The maximum atomic E-state index is 5.27. The molecule has 0 N–H and O–H groups in total. The molecule has 0 saturated heterocycles. The van der Waals surface area contributed by atoms with Gasteiger partial charge in [-0.3, -0.25) is 9.68 Å². The first-order chi connectivity index (χ1) is 6.35. The Morgan fingerprint density at radius 2 is 1.46 bits per heavy atom. The topological polar surface area (TPSA) is 21.7 Å². The monoisotopic (exact) mass is 189 g/mol. The van der Waals surface area contributed by atoms with Gasteiger partial charge in [0.2, 0.25) is 0 Å². The fourth-order valence-electron chi connectivity index (χ4n) is 1.12. The highest BCUT2D eigenvalue weighted by atomic mass is 16.9. The lowest BCUT2D eigenvalue weighted by atomic mass is 10.2. The second kappa shape index (κ2) is 9.96. The van der Waals surface area contributed by atoms with E-state index >= 15 is 0 Å². The van der Waals surface area contributed by atoms with Gasteiger partial charge in [-0.25, -0.2) is 0 Å². The van der Waals surface area contributed by atoms with Crippen LogP contribution in [-0.4, -0.2) is 25.0 Å². The summed E-state index contributed by atoms with van der Waals surface area (Å²) in [6, 6.07) is 0. The van der Waals surface area contributed by atoms with Crippen LogP contribution in [0.1, 0.15) is 46.5 Å². The Labute approximate surface area is 81.9 Å². The molecule has 3 heteroatoms. The number of nitrogens with zero attached hydrogens (tertiary/aromatic N) is 1. The largest absolute Gasteiger partial charge is 0.274 e. The van der Waals surface area contributed by atoms with Crippen LogP contribution in [0.25, 0.3) is 0 Å². The van der Waals surface area contributed by atoms with Crippen molar-refractivity contribution in [1.29, 1.82) is 0 Å². The van der Waals surface area contributed by atoms with Crippen LogP contribution in [0.3, 0.4) is 0 Å². The van der Waals surface area contributed by atoms with Gasteiger partial charge in [-0.1, -0.05) is 31.4 Å². The lowest BCUT2D eigenvalue weighted by Crippen LogP contribution is -2.25. The number of hydrogen-bond acceptors (Lipinski definition) is 3. The minimum Gasteiger partial charge on any atom is -0.274 e. The van der Waals surface area contributed by atoms with Crippen LogP contribution in [0.4, 0.5) is 0 Å². The Morgan fingerprint density at radius 1 is 0.846 bits per heavy atom. The van der Waals surface area contributed by atoms with E-state index in [1.807, 2.05) is 13.8 Å². The zero-order chi connectivity index (χ0) is 9.94. The minimum absolute atomic E-state index is 0.674. The molecule has 0 spiro atoms. The highest BCUT2D eigenvalue weighted by Crippen LogP contribution is 2.02. The smallest absolute Gasteiger partial charge is 0.0683 e. The van der Waals surface area contributed by atoms with Crippen molar-refractivity contribution >= 4 is 0 Å². The van der Waals surface area contributed by atoms with Crippen molar-refractivity contribution in [3.05, 3.63) is 0 Å². The summed E-state index contributed by atoms with van der Waals surface area (Å²) in [4.78, 5) is 10.5.